The average Bonchev–Trinajstić information content (AvgIpc) is 2.41. The molecule has 0 spiro atoms. The predicted octanol–water partition coefficient (Wildman–Crippen LogP) is 3.40. The molecule has 18 heavy (non-hydrogen) atoms. The third-order valence-electron chi connectivity index (χ3n) is 5.71. The molecule has 2 N–H and O–H groups in total. The van der Waals surface area contributed by atoms with E-state index in [-0.39, 0.29) is 0 Å². The monoisotopic (exact) mass is 252 g/mol. The summed E-state index contributed by atoms with van der Waals surface area (Å²) in [5, 5.41) is 0. The van der Waals surface area contributed by atoms with E-state index >= 15 is 0 Å². The van der Waals surface area contributed by atoms with Gasteiger partial charge in [-0.2, -0.15) is 0 Å². The third-order valence-corrected chi connectivity index (χ3v) is 5.71. The largest absolute Gasteiger partial charge is 0.329 e. The highest BCUT2D eigenvalue weighted by Crippen LogP contribution is 2.43. The van der Waals surface area contributed by atoms with Crippen LogP contribution in [0.25, 0.3) is 0 Å². The number of nitrogens with zero attached hydrogens (tertiary/aromatic N) is 1. The molecule has 0 bridgehead atoms. The molecule has 0 amide bonds. The van der Waals surface area contributed by atoms with Gasteiger partial charge in [0.05, 0.1) is 0 Å². The van der Waals surface area contributed by atoms with Crippen molar-refractivity contribution < 1.29 is 0 Å². The van der Waals surface area contributed by atoms with Crippen LogP contribution < -0.4 is 5.73 Å². The fourth-order valence-electron chi connectivity index (χ4n) is 4.55. The van der Waals surface area contributed by atoms with Gasteiger partial charge < -0.3 is 5.73 Å². The average molecular weight is 252 g/mol. The van der Waals surface area contributed by atoms with E-state index in [0.29, 0.717) is 5.54 Å². The fourth-order valence-corrected chi connectivity index (χ4v) is 4.55. The van der Waals surface area contributed by atoms with Crippen LogP contribution >= 0.6 is 0 Å². The maximum atomic E-state index is 6.30. The van der Waals surface area contributed by atoms with Gasteiger partial charge in [-0.1, -0.05) is 33.1 Å². The zero-order chi connectivity index (χ0) is 13.2. The van der Waals surface area contributed by atoms with Gasteiger partial charge in [0, 0.05) is 24.7 Å². The molecule has 1 saturated heterocycles. The van der Waals surface area contributed by atoms with Crippen molar-refractivity contribution in [1.82, 2.24) is 4.90 Å². The molecule has 2 aliphatic rings. The zero-order valence-corrected chi connectivity index (χ0v) is 12.6. The summed E-state index contributed by atoms with van der Waals surface area (Å²) in [6.45, 7) is 9.33. The quantitative estimate of drug-likeness (QED) is 0.834. The zero-order valence-electron chi connectivity index (χ0n) is 12.6. The predicted molar refractivity (Wildman–Crippen MR) is 78.6 cm³/mol. The first-order valence-electron chi connectivity index (χ1n) is 8.11. The van der Waals surface area contributed by atoms with E-state index < -0.39 is 0 Å². The Morgan fingerprint density at radius 3 is 2.61 bits per heavy atom. The summed E-state index contributed by atoms with van der Waals surface area (Å²) in [7, 11) is 0. The highest BCUT2D eigenvalue weighted by molar-refractivity contribution is 5.02. The molecule has 2 nitrogen and oxygen atoms in total. The molecule has 106 valence electrons. The molecule has 2 rings (SSSR count). The van der Waals surface area contributed by atoms with Gasteiger partial charge >= 0.3 is 0 Å². The molecule has 1 aliphatic heterocycles. The summed E-state index contributed by atoms with van der Waals surface area (Å²) in [6.07, 6.45) is 9.58. The normalized spacial score (nSPS) is 43.0. The van der Waals surface area contributed by atoms with Crippen molar-refractivity contribution in [2.24, 2.45) is 17.6 Å². The lowest BCUT2D eigenvalue weighted by Crippen LogP contribution is -2.64. The van der Waals surface area contributed by atoms with Gasteiger partial charge in [-0.05, 0) is 44.4 Å². The second-order valence-electron chi connectivity index (χ2n) is 6.84. The summed E-state index contributed by atoms with van der Waals surface area (Å²) < 4.78 is 0. The van der Waals surface area contributed by atoms with E-state index in [1.165, 1.54) is 51.5 Å². The molecule has 1 aliphatic carbocycles. The number of hydrogen-bond donors (Lipinski definition) is 1. The molecular weight excluding hydrogens is 220 g/mol. The van der Waals surface area contributed by atoms with E-state index in [4.69, 9.17) is 5.73 Å². The number of nitrogens with two attached hydrogens (primary N) is 1. The summed E-state index contributed by atoms with van der Waals surface area (Å²) in [4.78, 5) is 2.81. The highest BCUT2D eigenvalue weighted by atomic mass is 15.2. The first-order valence-corrected chi connectivity index (χ1v) is 8.11. The molecule has 0 radical (unpaired) electrons. The Hall–Kier alpha value is -0.0800. The van der Waals surface area contributed by atoms with Crippen molar-refractivity contribution in [3.8, 4) is 0 Å². The molecule has 4 unspecified atom stereocenters. The first-order chi connectivity index (χ1) is 8.64. The standard InChI is InChI=1S/C16H32N2/c1-4-15-7-5-6-10-16(15,12-17)18-11-13(2)8-9-14(18)3/h13-15H,4-12,17H2,1-3H3. The molecule has 4 atom stereocenters. The third kappa shape index (κ3) is 2.46. The highest BCUT2D eigenvalue weighted by Gasteiger charge is 2.46. The van der Waals surface area contributed by atoms with Gasteiger partial charge in [0.1, 0.15) is 0 Å². The number of piperidine rings is 1. The molecular formula is C16H32N2. The summed E-state index contributed by atoms with van der Waals surface area (Å²) in [5.74, 6) is 1.67. The summed E-state index contributed by atoms with van der Waals surface area (Å²) in [6, 6.07) is 0.733. The van der Waals surface area contributed by atoms with Crippen LogP contribution in [0.1, 0.15) is 65.7 Å². The van der Waals surface area contributed by atoms with Crippen molar-refractivity contribution in [2.45, 2.75) is 77.3 Å². The molecule has 0 aromatic rings. The lowest BCUT2D eigenvalue weighted by atomic mass is 9.68. The van der Waals surface area contributed by atoms with Crippen LogP contribution in [0.2, 0.25) is 0 Å². The summed E-state index contributed by atoms with van der Waals surface area (Å²) >= 11 is 0. The van der Waals surface area contributed by atoms with Gasteiger partial charge in [-0.25, -0.2) is 0 Å². The summed E-state index contributed by atoms with van der Waals surface area (Å²) in [5.41, 5.74) is 6.62. The van der Waals surface area contributed by atoms with E-state index in [9.17, 15) is 0 Å². The van der Waals surface area contributed by atoms with E-state index in [2.05, 4.69) is 25.7 Å². The minimum atomic E-state index is 0.321. The van der Waals surface area contributed by atoms with Crippen molar-refractivity contribution in [1.29, 1.82) is 0 Å². The lowest BCUT2D eigenvalue weighted by molar-refractivity contribution is -0.0492. The molecule has 1 saturated carbocycles. The number of rotatable bonds is 3. The van der Waals surface area contributed by atoms with Gasteiger partial charge in [0.2, 0.25) is 0 Å². The van der Waals surface area contributed by atoms with Crippen molar-refractivity contribution in [3.63, 3.8) is 0 Å². The van der Waals surface area contributed by atoms with Crippen molar-refractivity contribution in [3.05, 3.63) is 0 Å². The Labute approximate surface area is 113 Å². The maximum Gasteiger partial charge on any atom is 0.0362 e. The minimum absolute atomic E-state index is 0.321. The lowest BCUT2D eigenvalue weighted by Gasteiger charge is -2.55. The minimum Gasteiger partial charge on any atom is -0.329 e. The number of hydrogen-bond acceptors (Lipinski definition) is 2. The molecule has 2 heteroatoms. The van der Waals surface area contributed by atoms with Gasteiger partial charge in [0.15, 0.2) is 0 Å². The van der Waals surface area contributed by atoms with Gasteiger partial charge in [-0.15, -0.1) is 0 Å². The van der Waals surface area contributed by atoms with Crippen LogP contribution in [-0.4, -0.2) is 29.6 Å². The van der Waals surface area contributed by atoms with Gasteiger partial charge in [-0.3, -0.25) is 4.90 Å². The molecule has 0 aromatic heterocycles. The molecule has 0 aromatic carbocycles. The SMILES string of the molecule is CCC1CCCCC1(CN)N1CC(C)CCC1C. The van der Waals surface area contributed by atoms with Crippen LogP contribution in [0, 0.1) is 11.8 Å². The van der Waals surface area contributed by atoms with Crippen LogP contribution in [0.4, 0.5) is 0 Å². The second-order valence-corrected chi connectivity index (χ2v) is 6.84. The Kier molecular flexibility index (Phi) is 4.71. The Morgan fingerprint density at radius 1 is 1.17 bits per heavy atom. The number of likely N-dealkylation sites (tertiary alicyclic amines) is 1. The topological polar surface area (TPSA) is 29.3 Å². The van der Waals surface area contributed by atoms with Crippen molar-refractivity contribution in [2.75, 3.05) is 13.1 Å². The van der Waals surface area contributed by atoms with Crippen LogP contribution in [0.15, 0.2) is 0 Å². The maximum absolute atomic E-state index is 6.30. The van der Waals surface area contributed by atoms with E-state index in [1.54, 1.807) is 0 Å². The fraction of sp³-hybridized carbons (Fsp3) is 1.00. The smallest absolute Gasteiger partial charge is 0.0362 e. The first kappa shape index (κ1) is 14.3. The van der Waals surface area contributed by atoms with E-state index in [1.807, 2.05) is 0 Å². The van der Waals surface area contributed by atoms with Crippen molar-refractivity contribution >= 4 is 0 Å². The van der Waals surface area contributed by atoms with Crippen LogP contribution in [0.3, 0.4) is 0 Å². The molecule has 2 fully saturated rings. The Morgan fingerprint density at radius 2 is 1.94 bits per heavy atom. The van der Waals surface area contributed by atoms with Gasteiger partial charge in [0.25, 0.3) is 0 Å². The Balaban J connectivity index is 2.22. The molecule has 1 heterocycles. The second kappa shape index (κ2) is 5.92. The van der Waals surface area contributed by atoms with Crippen LogP contribution in [-0.2, 0) is 0 Å². The van der Waals surface area contributed by atoms with E-state index in [0.717, 1.165) is 24.4 Å². The van der Waals surface area contributed by atoms with Crippen LogP contribution in [0.5, 0.6) is 0 Å². The Bertz CT molecular complexity index is 266.